The number of amides is 2. The number of rotatable bonds is 8. The molecule has 0 unspecified atom stereocenters. The largest absolute Gasteiger partial charge is 0.494 e. The second kappa shape index (κ2) is 8.76. The molecule has 0 atom stereocenters. The number of carboxylic acids is 1. The topological polar surface area (TPSA) is 96.9 Å². The fourth-order valence-electron chi connectivity index (χ4n) is 1.18. The fourth-order valence-corrected chi connectivity index (χ4v) is 1.18. The van der Waals surface area contributed by atoms with Crippen molar-refractivity contribution < 1.29 is 24.3 Å². The second-order valence-corrected chi connectivity index (χ2v) is 3.56. The van der Waals surface area contributed by atoms with Crippen molar-refractivity contribution >= 4 is 12.0 Å². The summed E-state index contributed by atoms with van der Waals surface area (Å²) in [5.74, 6) is -0.381. The van der Waals surface area contributed by atoms with Gasteiger partial charge in [0.15, 0.2) is 6.61 Å². The van der Waals surface area contributed by atoms with E-state index in [1.54, 1.807) is 0 Å². The molecule has 1 rings (SSSR count). The maximum absolute atomic E-state index is 11.1. The van der Waals surface area contributed by atoms with Crippen LogP contribution in [0.15, 0.2) is 30.3 Å². The summed E-state index contributed by atoms with van der Waals surface area (Å²) in [6.45, 7) is 0.292. The Morgan fingerprint density at radius 1 is 1.21 bits per heavy atom. The van der Waals surface area contributed by atoms with Gasteiger partial charge in [0.05, 0.1) is 6.61 Å². The number of aliphatic carboxylic acids is 1. The van der Waals surface area contributed by atoms with E-state index in [2.05, 4.69) is 10.2 Å². The van der Waals surface area contributed by atoms with Crippen molar-refractivity contribution in [2.45, 2.75) is 6.42 Å². The van der Waals surface area contributed by atoms with Crippen LogP contribution in [0.1, 0.15) is 6.42 Å². The minimum Gasteiger partial charge on any atom is -0.494 e. The molecule has 0 saturated carbocycles. The summed E-state index contributed by atoms with van der Waals surface area (Å²) in [6, 6.07) is 8.76. The summed E-state index contributed by atoms with van der Waals surface area (Å²) < 4.78 is 5.42. The van der Waals surface area contributed by atoms with Gasteiger partial charge in [-0.2, -0.15) is 0 Å². The molecule has 0 aliphatic carbocycles. The second-order valence-electron chi connectivity index (χ2n) is 3.56. The molecule has 0 spiro atoms. The average molecular weight is 268 g/mol. The SMILES string of the molecule is O=C(O)CONC(=O)NCCCOc1ccccc1. The highest BCUT2D eigenvalue weighted by Crippen LogP contribution is 2.07. The van der Waals surface area contributed by atoms with E-state index in [-0.39, 0.29) is 0 Å². The van der Waals surface area contributed by atoms with Crippen molar-refractivity contribution in [3.63, 3.8) is 0 Å². The van der Waals surface area contributed by atoms with E-state index in [0.717, 1.165) is 5.75 Å². The van der Waals surface area contributed by atoms with E-state index in [1.807, 2.05) is 35.8 Å². The Labute approximate surface area is 110 Å². The molecule has 0 fully saturated rings. The van der Waals surface area contributed by atoms with Crippen molar-refractivity contribution in [2.24, 2.45) is 0 Å². The molecule has 3 N–H and O–H groups in total. The highest BCUT2D eigenvalue weighted by Gasteiger charge is 2.01. The van der Waals surface area contributed by atoms with Gasteiger partial charge in [0, 0.05) is 6.54 Å². The maximum Gasteiger partial charge on any atom is 0.338 e. The quantitative estimate of drug-likeness (QED) is 0.478. The van der Waals surface area contributed by atoms with E-state index >= 15 is 0 Å². The Morgan fingerprint density at radius 2 is 1.95 bits per heavy atom. The Hall–Kier alpha value is -2.28. The first-order valence-corrected chi connectivity index (χ1v) is 5.74. The lowest BCUT2D eigenvalue weighted by Gasteiger charge is -2.07. The monoisotopic (exact) mass is 268 g/mol. The van der Waals surface area contributed by atoms with Gasteiger partial charge in [0.2, 0.25) is 0 Å². The number of para-hydroxylation sites is 1. The van der Waals surface area contributed by atoms with Crippen LogP contribution >= 0.6 is 0 Å². The standard InChI is InChI=1S/C12H16N2O5/c15-11(16)9-19-14-12(17)13-7-4-8-18-10-5-2-1-3-6-10/h1-3,5-6H,4,7-9H2,(H,15,16)(H2,13,14,17). The van der Waals surface area contributed by atoms with Crippen LogP contribution in [0.3, 0.4) is 0 Å². The molecule has 0 bridgehead atoms. The maximum atomic E-state index is 11.1. The smallest absolute Gasteiger partial charge is 0.338 e. The lowest BCUT2D eigenvalue weighted by molar-refractivity contribution is -0.144. The third-order valence-corrected chi connectivity index (χ3v) is 1.98. The van der Waals surface area contributed by atoms with Crippen molar-refractivity contribution in [2.75, 3.05) is 19.8 Å². The third-order valence-electron chi connectivity index (χ3n) is 1.98. The van der Waals surface area contributed by atoms with Gasteiger partial charge in [0.25, 0.3) is 0 Å². The van der Waals surface area contributed by atoms with Gasteiger partial charge in [-0.1, -0.05) is 18.2 Å². The first-order chi connectivity index (χ1) is 9.18. The molecule has 104 valence electrons. The highest BCUT2D eigenvalue weighted by molar-refractivity contribution is 5.73. The zero-order valence-corrected chi connectivity index (χ0v) is 10.3. The van der Waals surface area contributed by atoms with Gasteiger partial charge >= 0.3 is 12.0 Å². The van der Waals surface area contributed by atoms with E-state index in [9.17, 15) is 9.59 Å². The fraction of sp³-hybridized carbons (Fsp3) is 0.333. The van der Waals surface area contributed by atoms with Crippen molar-refractivity contribution in [1.29, 1.82) is 0 Å². The van der Waals surface area contributed by atoms with Gasteiger partial charge < -0.3 is 15.2 Å². The van der Waals surface area contributed by atoms with E-state index in [0.29, 0.717) is 19.6 Å². The third kappa shape index (κ3) is 7.61. The Bertz CT molecular complexity index is 396. The van der Waals surface area contributed by atoms with Gasteiger partial charge in [-0.05, 0) is 18.6 Å². The molecule has 0 aromatic heterocycles. The molecular weight excluding hydrogens is 252 g/mol. The van der Waals surface area contributed by atoms with Crippen LogP contribution in [0, 0.1) is 0 Å². The van der Waals surface area contributed by atoms with Gasteiger partial charge in [-0.25, -0.2) is 15.1 Å². The molecule has 19 heavy (non-hydrogen) atoms. The predicted molar refractivity (Wildman–Crippen MR) is 66.7 cm³/mol. The number of benzene rings is 1. The number of hydrogen-bond donors (Lipinski definition) is 3. The lowest BCUT2D eigenvalue weighted by atomic mass is 10.3. The summed E-state index contributed by atoms with van der Waals surface area (Å²) in [5, 5.41) is 10.8. The van der Waals surface area contributed by atoms with Crippen LogP contribution in [-0.2, 0) is 9.63 Å². The predicted octanol–water partition coefficient (Wildman–Crippen LogP) is 0.771. The summed E-state index contributed by atoms with van der Waals surface area (Å²) in [4.78, 5) is 25.6. The van der Waals surface area contributed by atoms with Crippen LogP contribution in [0.4, 0.5) is 4.79 Å². The van der Waals surface area contributed by atoms with Crippen molar-refractivity contribution in [3.8, 4) is 5.75 Å². The molecule has 0 heterocycles. The Morgan fingerprint density at radius 3 is 2.63 bits per heavy atom. The molecular formula is C12H16N2O5. The Balaban J connectivity index is 1.98. The molecule has 0 saturated heterocycles. The minimum absolute atomic E-state index is 0.398. The number of carbonyl (C=O) groups is 2. The van der Waals surface area contributed by atoms with Crippen LogP contribution in [0.25, 0.3) is 0 Å². The van der Waals surface area contributed by atoms with Crippen LogP contribution in [0.2, 0.25) is 0 Å². The summed E-state index contributed by atoms with van der Waals surface area (Å²) in [7, 11) is 0. The zero-order valence-electron chi connectivity index (χ0n) is 10.3. The number of hydroxylamine groups is 1. The molecule has 1 aromatic carbocycles. The summed E-state index contributed by atoms with van der Waals surface area (Å²) in [5.41, 5.74) is 1.95. The highest BCUT2D eigenvalue weighted by atomic mass is 16.7. The molecule has 0 aliphatic heterocycles. The van der Waals surface area contributed by atoms with Crippen LogP contribution in [-0.4, -0.2) is 36.9 Å². The number of nitrogens with one attached hydrogen (secondary N) is 2. The molecule has 1 aromatic rings. The Kier molecular flexibility index (Phi) is 6.81. The van der Waals surface area contributed by atoms with Crippen LogP contribution in [0.5, 0.6) is 5.75 Å². The first-order valence-electron chi connectivity index (χ1n) is 5.74. The zero-order chi connectivity index (χ0) is 13.9. The van der Waals surface area contributed by atoms with E-state index in [1.165, 1.54) is 0 Å². The van der Waals surface area contributed by atoms with Crippen molar-refractivity contribution in [3.05, 3.63) is 30.3 Å². The van der Waals surface area contributed by atoms with Gasteiger partial charge in [-0.3, -0.25) is 4.84 Å². The van der Waals surface area contributed by atoms with Crippen molar-refractivity contribution in [1.82, 2.24) is 10.8 Å². The summed E-state index contributed by atoms with van der Waals surface area (Å²) >= 11 is 0. The number of hydrogen-bond acceptors (Lipinski definition) is 4. The van der Waals surface area contributed by atoms with E-state index < -0.39 is 18.6 Å². The van der Waals surface area contributed by atoms with Crippen LogP contribution < -0.4 is 15.5 Å². The molecule has 0 aliphatic rings. The number of carbonyl (C=O) groups excluding carboxylic acids is 1. The minimum atomic E-state index is -1.16. The summed E-state index contributed by atoms with van der Waals surface area (Å²) in [6.07, 6.45) is 0.626. The first kappa shape index (κ1) is 14.8. The average Bonchev–Trinajstić information content (AvgIpc) is 2.39. The molecule has 0 radical (unpaired) electrons. The number of ether oxygens (including phenoxy) is 1. The normalized spacial score (nSPS) is 9.68. The lowest BCUT2D eigenvalue weighted by Crippen LogP contribution is -2.37. The van der Waals surface area contributed by atoms with Gasteiger partial charge in [-0.15, -0.1) is 0 Å². The molecule has 2 amide bonds. The number of urea groups is 1. The van der Waals surface area contributed by atoms with Gasteiger partial charge in [0.1, 0.15) is 5.75 Å². The van der Waals surface area contributed by atoms with E-state index in [4.69, 9.17) is 9.84 Å². The number of carboxylic acid groups (broad SMARTS) is 1. The molecule has 7 heteroatoms. The molecule has 7 nitrogen and oxygen atoms in total.